The van der Waals surface area contributed by atoms with Crippen LogP contribution in [0.15, 0.2) is 97.1 Å². The fraction of sp³-hybridized carbons (Fsp3) is 0.143. The Bertz CT molecular complexity index is 1160. The van der Waals surface area contributed by atoms with E-state index in [1.807, 2.05) is 72.8 Å². The topological polar surface area (TPSA) is 77.7 Å². The van der Waals surface area contributed by atoms with Crippen LogP contribution in [-0.2, 0) is 1.41 Å². The third-order valence-electron chi connectivity index (χ3n) is 5.87. The summed E-state index contributed by atoms with van der Waals surface area (Å²) >= 11 is -7.14. The minimum Gasteiger partial charge on any atom is -0.412 e. The Labute approximate surface area is 233 Å². The molecule has 0 aliphatic carbocycles. The molecule has 0 saturated heterocycles. The van der Waals surface area contributed by atoms with Gasteiger partial charge in [0.1, 0.15) is 0 Å². The van der Waals surface area contributed by atoms with Gasteiger partial charge in [-0.15, -0.1) is 0 Å². The van der Waals surface area contributed by atoms with Crippen molar-refractivity contribution < 1.29 is 25.8 Å². The molecule has 0 amide bonds. The first-order valence-electron chi connectivity index (χ1n) is 11.3. The Hall–Kier alpha value is -2.11. The smallest absolute Gasteiger partial charge is 0.412 e. The van der Waals surface area contributed by atoms with Crippen LogP contribution in [0.25, 0.3) is 0 Å². The Balaban J connectivity index is 0.00000380. The van der Waals surface area contributed by atoms with Crippen LogP contribution in [0.2, 0.25) is 0 Å². The number of halogens is 1. The van der Waals surface area contributed by atoms with Crippen molar-refractivity contribution in [2.24, 2.45) is 0 Å². The summed E-state index contributed by atoms with van der Waals surface area (Å²) in [4.78, 5) is 0. The molecule has 4 aromatic rings. The van der Waals surface area contributed by atoms with Crippen molar-refractivity contribution in [1.82, 2.24) is 0 Å². The van der Waals surface area contributed by atoms with Crippen molar-refractivity contribution in [2.45, 2.75) is 0 Å². The Kier molecular flexibility index (Phi) is 10.8. The van der Waals surface area contributed by atoms with Crippen molar-refractivity contribution in [3.05, 3.63) is 97.1 Å². The van der Waals surface area contributed by atoms with Crippen LogP contribution in [0.4, 0.5) is 0 Å². The largest absolute Gasteiger partial charge is 0.412 e. The summed E-state index contributed by atoms with van der Waals surface area (Å²) in [7, 11) is 14.4. The maximum absolute atomic E-state index is 7.70. The van der Waals surface area contributed by atoms with Crippen molar-refractivity contribution in [2.75, 3.05) is 28.4 Å². The van der Waals surface area contributed by atoms with Gasteiger partial charge in [0.15, 0.2) is 0 Å². The summed E-state index contributed by atoms with van der Waals surface area (Å²) in [6, 6.07) is 32.3. The number of hydrogen-bond donors (Lipinski definition) is 0. The van der Waals surface area contributed by atoms with E-state index in [-0.39, 0.29) is 5.48 Å². The molecular formula is C28H30ClO6Sn2. The van der Waals surface area contributed by atoms with E-state index < -0.39 is 37.8 Å². The fourth-order valence-corrected chi connectivity index (χ4v) is 33.5. The van der Waals surface area contributed by atoms with Gasteiger partial charge in [0.2, 0.25) is 0 Å². The molecule has 6 nitrogen and oxygen atoms in total. The number of rotatable bonds is 10. The summed E-state index contributed by atoms with van der Waals surface area (Å²) in [6.07, 6.45) is 0. The molecule has 2 N–H and O–H groups in total. The third-order valence-corrected chi connectivity index (χ3v) is 34.0. The molecule has 0 bridgehead atoms. The zero-order valence-electron chi connectivity index (χ0n) is 21.2. The summed E-state index contributed by atoms with van der Waals surface area (Å²) in [5.74, 6) is 3.18. The van der Waals surface area contributed by atoms with Crippen LogP contribution in [0.1, 0.15) is 0 Å². The predicted molar refractivity (Wildman–Crippen MR) is 153 cm³/mol. The van der Waals surface area contributed by atoms with E-state index >= 15 is 0 Å². The normalized spacial score (nSPS) is 11.0. The van der Waals surface area contributed by atoms with E-state index in [0.717, 1.165) is 30.2 Å². The summed E-state index contributed by atoms with van der Waals surface area (Å²) in [6.45, 7) is 0. The molecule has 4 rings (SSSR count). The molecular weight excluding hydrogens is 705 g/mol. The van der Waals surface area contributed by atoms with Crippen LogP contribution in [0.5, 0.6) is 23.0 Å². The molecule has 0 fully saturated rings. The van der Waals surface area contributed by atoms with Gasteiger partial charge in [0.05, 0.1) is 0 Å². The van der Waals surface area contributed by atoms with Gasteiger partial charge in [0.25, 0.3) is 0 Å². The zero-order valence-corrected chi connectivity index (χ0v) is 27.6. The second kappa shape index (κ2) is 13.6. The number of methoxy groups -OCH3 is 4. The monoisotopic (exact) mass is 737 g/mol. The van der Waals surface area contributed by atoms with Gasteiger partial charge >= 0.3 is 230 Å². The third kappa shape index (κ3) is 6.86. The van der Waals surface area contributed by atoms with Gasteiger partial charge in [-0.05, 0) is 0 Å². The van der Waals surface area contributed by atoms with E-state index in [2.05, 4.69) is 24.3 Å². The minimum absolute atomic E-state index is 0. The van der Waals surface area contributed by atoms with E-state index in [0.29, 0.717) is 0 Å². The van der Waals surface area contributed by atoms with E-state index in [1.165, 1.54) is 7.16 Å². The first-order valence-corrected chi connectivity index (χ1v) is 23.0. The van der Waals surface area contributed by atoms with Gasteiger partial charge in [-0.25, -0.2) is 0 Å². The molecule has 0 aliphatic heterocycles. The van der Waals surface area contributed by atoms with Crippen LogP contribution in [0.3, 0.4) is 0 Å². The molecule has 0 heterocycles. The van der Waals surface area contributed by atoms with E-state index in [4.69, 9.17) is 29.3 Å². The molecule has 0 aliphatic rings. The average Bonchev–Trinajstić information content (AvgIpc) is 2.96. The first-order chi connectivity index (χ1) is 17.5. The fourth-order valence-electron chi connectivity index (χ4n) is 3.81. The van der Waals surface area contributed by atoms with E-state index in [9.17, 15) is 0 Å². The quantitative estimate of drug-likeness (QED) is 0.234. The molecule has 0 aromatic heterocycles. The second-order valence-electron chi connectivity index (χ2n) is 7.94. The SMILES string of the molecule is COc1cc[c]([Sn]([O][Sn]([Cl])([c]2ccc(OC)cc2)[c]2ccc(OC)cc2)[c]2ccc(OC)cc2)cc1.O. The van der Waals surface area contributed by atoms with Crippen LogP contribution < -0.4 is 33.3 Å². The van der Waals surface area contributed by atoms with Crippen molar-refractivity contribution in [3.63, 3.8) is 0 Å². The molecule has 0 atom stereocenters. The average molecular weight is 735 g/mol. The number of ether oxygens (including phenoxy) is 4. The van der Waals surface area contributed by atoms with Crippen molar-refractivity contribution in [1.29, 1.82) is 0 Å². The van der Waals surface area contributed by atoms with Crippen molar-refractivity contribution in [3.8, 4) is 23.0 Å². The molecule has 37 heavy (non-hydrogen) atoms. The van der Waals surface area contributed by atoms with Gasteiger partial charge < -0.3 is 5.48 Å². The predicted octanol–water partition coefficient (Wildman–Crippen LogP) is 2.51. The number of hydrogen-bond acceptors (Lipinski definition) is 5. The summed E-state index contributed by atoms with van der Waals surface area (Å²) < 4.78 is 33.3. The molecule has 193 valence electrons. The summed E-state index contributed by atoms with van der Waals surface area (Å²) in [5, 5.41) is 0. The Morgan fingerprint density at radius 1 is 0.486 bits per heavy atom. The molecule has 0 saturated carbocycles. The van der Waals surface area contributed by atoms with Gasteiger partial charge in [-0.1, -0.05) is 0 Å². The minimum atomic E-state index is -4.15. The standard InChI is InChI=1S/4C7H7O.ClH.H2O.O.2Sn/c4*1-8-7-5-3-2-4-6-7;;;;;/h4*3-6H,1H3;1H;1H2;;;/q;;;;;;;;+1/p-1. The molecule has 4 aromatic carbocycles. The van der Waals surface area contributed by atoms with Crippen molar-refractivity contribution >= 4 is 61.1 Å². The summed E-state index contributed by atoms with van der Waals surface area (Å²) in [5.41, 5.74) is 0. The molecule has 9 heteroatoms. The number of benzene rings is 4. The molecule has 0 spiro atoms. The Morgan fingerprint density at radius 3 is 1.03 bits per heavy atom. The maximum Gasteiger partial charge on any atom is -0.412 e. The van der Waals surface area contributed by atoms with Crippen LogP contribution >= 0.6 is 8.92 Å². The van der Waals surface area contributed by atoms with Crippen LogP contribution in [-0.4, -0.2) is 71.8 Å². The van der Waals surface area contributed by atoms with Gasteiger partial charge in [-0.3, -0.25) is 0 Å². The van der Waals surface area contributed by atoms with E-state index in [1.54, 1.807) is 28.4 Å². The first kappa shape index (κ1) is 29.4. The molecule has 1 radical (unpaired) electrons. The zero-order chi connectivity index (χ0) is 25.5. The second-order valence-corrected chi connectivity index (χ2v) is 27.9. The van der Waals surface area contributed by atoms with Gasteiger partial charge in [-0.2, -0.15) is 0 Å². The molecule has 0 unspecified atom stereocenters. The van der Waals surface area contributed by atoms with Crippen LogP contribution in [0, 0.1) is 0 Å². The maximum atomic E-state index is 7.70. The Morgan fingerprint density at radius 2 is 0.757 bits per heavy atom. The van der Waals surface area contributed by atoms with Gasteiger partial charge in [0, 0.05) is 0 Å².